The van der Waals surface area contributed by atoms with Crippen LogP contribution in [-0.4, -0.2) is 18.4 Å². The second kappa shape index (κ2) is 8.02. The van der Waals surface area contributed by atoms with Gasteiger partial charge in [-0.05, 0) is 67.6 Å². The van der Waals surface area contributed by atoms with Gasteiger partial charge >= 0.3 is 0 Å². The summed E-state index contributed by atoms with van der Waals surface area (Å²) in [6, 6.07) is 17.0. The van der Waals surface area contributed by atoms with E-state index in [0.29, 0.717) is 23.5 Å². The highest BCUT2D eigenvalue weighted by Gasteiger charge is 2.09. The zero-order valence-electron chi connectivity index (χ0n) is 14.2. The van der Waals surface area contributed by atoms with E-state index in [1.807, 2.05) is 6.92 Å². The zero-order valence-corrected chi connectivity index (χ0v) is 14.2. The average molecular weight is 350 g/mol. The van der Waals surface area contributed by atoms with Crippen molar-refractivity contribution in [3.63, 3.8) is 0 Å². The van der Waals surface area contributed by atoms with Crippen LogP contribution in [0.1, 0.15) is 27.8 Å². The molecule has 26 heavy (non-hydrogen) atoms. The fourth-order valence-corrected chi connectivity index (χ4v) is 2.31. The first-order valence-electron chi connectivity index (χ1n) is 8.15. The van der Waals surface area contributed by atoms with Gasteiger partial charge in [0.1, 0.15) is 5.75 Å². The van der Waals surface area contributed by atoms with E-state index in [9.17, 15) is 9.59 Å². The predicted molar refractivity (Wildman–Crippen MR) is 98.7 cm³/mol. The lowest BCUT2D eigenvalue weighted by Gasteiger charge is -2.08. The summed E-state index contributed by atoms with van der Waals surface area (Å²) >= 11 is 0. The number of amides is 2. The summed E-state index contributed by atoms with van der Waals surface area (Å²) in [6.07, 6.45) is 1.44. The maximum atomic E-state index is 12.3. The second-order valence-corrected chi connectivity index (χ2v) is 5.42. The summed E-state index contributed by atoms with van der Waals surface area (Å²) in [5, 5.41) is 5.52. The van der Waals surface area contributed by atoms with Crippen molar-refractivity contribution in [2.45, 2.75) is 6.92 Å². The number of ether oxygens (including phenoxy) is 1. The number of carbonyl (C=O) groups is 2. The van der Waals surface area contributed by atoms with Gasteiger partial charge in [-0.2, -0.15) is 0 Å². The molecule has 0 saturated carbocycles. The van der Waals surface area contributed by atoms with Gasteiger partial charge in [-0.25, -0.2) is 0 Å². The van der Waals surface area contributed by atoms with Gasteiger partial charge in [-0.3, -0.25) is 9.59 Å². The molecule has 2 N–H and O–H groups in total. The third-order valence-corrected chi connectivity index (χ3v) is 3.57. The van der Waals surface area contributed by atoms with Gasteiger partial charge in [0.25, 0.3) is 11.8 Å². The Balaban J connectivity index is 1.59. The minimum atomic E-state index is -0.332. The summed E-state index contributed by atoms with van der Waals surface area (Å²) < 4.78 is 10.4. The van der Waals surface area contributed by atoms with E-state index in [4.69, 9.17) is 9.15 Å². The standard InChI is InChI=1S/C20H18N2O4/c1-2-25-17-11-5-14(6-12-17)19(23)21-15-7-9-16(10-8-15)22-20(24)18-4-3-13-26-18/h3-13H,2H2,1H3,(H,21,23)(H,22,24). The lowest BCUT2D eigenvalue weighted by molar-refractivity contribution is 0.0994. The second-order valence-electron chi connectivity index (χ2n) is 5.42. The van der Waals surface area contributed by atoms with Crippen molar-refractivity contribution in [1.82, 2.24) is 0 Å². The highest BCUT2D eigenvalue weighted by molar-refractivity contribution is 6.05. The van der Waals surface area contributed by atoms with Crippen molar-refractivity contribution >= 4 is 23.2 Å². The third-order valence-electron chi connectivity index (χ3n) is 3.57. The molecule has 2 amide bonds. The number of rotatable bonds is 6. The molecular formula is C20H18N2O4. The van der Waals surface area contributed by atoms with Gasteiger partial charge in [0.05, 0.1) is 12.9 Å². The monoisotopic (exact) mass is 350 g/mol. The van der Waals surface area contributed by atoms with Crippen LogP contribution in [0.4, 0.5) is 11.4 Å². The first-order chi connectivity index (χ1) is 12.7. The number of hydrogen-bond acceptors (Lipinski definition) is 4. The SMILES string of the molecule is CCOc1ccc(C(=O)Nc2ccc(NC(=O)c3ccco3)cc2)cc1. The van der Waals surface area contributed by atoms with Gasteiger partial charge in [-0.1, -0.05) is 0 Å². The van der Waals surface area contributed by atoms with Crippen LogP contribution in [0, 0.1) is 0 Å². The first kappa shape index (κ1) is 17.3. The predicted octanol–water partition coefficient (Wildman–Crippen LogP) is 4.18. The van der Waals surface area contributed by atoms with Crippen molar-refractivity contribution in [2.24, 2.45) is 0 Å². The molecule has 3 aromatic rings. The van der Waals surface area contributed by atoms with E-state index < -0.39 is 0 Å². The van der Waals surface area contributed by atoms with Gasteiger partial charge < -0.3 is 19.8 Å². The number of nitrogens with one attached hydrogen (secondary N) is 2. The zero-order chi connectivity index (χ0) is 18.4. The molecule has 1 aromatic heterocycles. The molecule has 2 aromatic carbocycles. The minimum Gasteiger partial charge on any atom is -0.494 e. The molecule has 0 fully saturated rings. The summed E-state index contributed by atoms with van der Waals surface area (Å²) in [5.41, 5.74) is 1.76. The molecule has 0 atom stereocenters. The largest absolute Gasteiger partial charge is 0.494 e. The Morgan fingerprint density at radius 2 is 1.50 bits per heavy atom. The maximum Gasteiger partial charge on any atom is 0.291 e. The molecule has 3 rings (SSSR count). The molecule has 0 spiro atoms. The Hall–Kier alpha value is -3.54. The number of anilines is 2. The van der Waals surface area contributed by atoms with Crippen molar-refractivity contribution in [3.05, 3.63) is 78.3 Å². The number of benzene rings is 2. The lowest BCUT2D eigenvalue weighted by Crippen LogP contribution is -2.13. The van der Waals surface area contributed by atoms with Gasteiger partial charge in [-0.15, -0.1) is 0 Å². The molecule has 1 heterocycles. The van der Waals surface area contributed by atoms with Crippen molar-refractivity contribution in [3.8, 4) is 5.75 Å². The maximum absolute atomic E-state index is 12.3. The van der Waals surface area contributed by atoms with Crippen LogP contribution in [0.3, 0.4) is 0 Å². The third kappa shape index (κ3) is 4.30. The molecule has 6 nitrogen and oxygen atoms in total. The number of furan rings is 1. The van der Waals surface area contributed by atoms with Crippen LogP contribution in [0.2, 0.25) is 0 Å². The minimum absolute atomic E-state index is 0.222. The number of hydrogen-bond donors (Lipinski definition) is 2. The topological polar surface area (TPSA) is 80.6 Å². The van der Waals surface area contributed by atoms with Crippen molar-refractivity contribution in [1.29, 1.82) is 0 Å². The average Bonchev–Trinajstić information content (AvgIpc) is 3.19. The molecule has 0 aliphatic carbocycles. The van der Waals surface area contributed by atoms with Crippen LogP contribution < -0.4 is 15.4 Å². The van der Waals surface area contributed by atoms with Gasteiger partial charge in [0, 0.05) is 16.9 Å². The van der Waals surface area contributed by atoms with Crippen molar-refractivity contribution in [2.75, 3.05) is 17.2 Å². The summed E-state index contributed by atoms with van der Waals surface area (Å²) in [5.74, 6) is 0.403. The molecule has 0 radical (unpaired) electrons. The molecule has 0 aliphatic heterocycles. The highest BCUT2D eigenvalue weighted by Crippen LogP contribution is 2.17. The summed E-state index contributed by atoms with van der Waals surface area (Å²) in [6.45, 7) is 2.48. The van der Waals surface area contributed by atoms with Crippen LogP contribution in [-0.2, 0) is 0 Å². The van der Waals surface area contributed by atoms with E-state index in [1.165, 1.54) is 6.26 Å². The quantitative estimate of drug-likeness (QED) is 0.699. The van der Waals surface area contributed by atoms with E-state index in [1.54, 1.807) is 60.7 Å². The molecule has 132 valence electrons. The number of carbonyl (C=O) groups excluding carboxylic acids is 2. The van der Waals surface area contributed by atoms with Crippen LogP contribution >= 0.6 is 0 Å². The summed E-state index contributed by atoms with van der Waals surface area (Å²) in [7, 11) is 0. The first-order valence-corrected chi connectivity index (χ1v) is 8.15. The lowest BCUT2D eigenvalue weighted by atomic mass is 10.2. The molecule has 0 unspecified atom stereocenters. The van der Waals surface area contributed by atoms with Gasteiger partial charge in [0.2, 0.25) is 0 Å². The normalized spacial score (nSPS) is 10.2. The van der Waals surface area contributed by atoms with Crippen LogP contribution in [0.25, 0.3) is 0 Å². The Kier molecular flexibility index (Phi) is 5.34. The fourth-order valence-electron chi connectivity index (χ4n) is 2.31. The van der Waals surface area contributed by atoms with Gasteiger partial charge in [0.15, 0.2) is 5.76 Å². The van der Waals surface area contributed by atoms with E-state index >= 15 is 0 Å². The Bertz CT molecular complexity index is 869. The smallest absolute Gasteiger partial charge is 0.291 e. The highest BCUT2D eigenvalue weighted by atomic mass is 16.5. The molecule has 0 bridgehead atoms. The summed E-state index contributed by atoms with van der Waals surface area (Å²) in [4.78, 5) is 24.2. The molecule has 6 heteroatoms. The van der Waals surface area contributed by atoms with E-state index in [2.05, 4.69) is 10.6 Å². The van der Waals surface area contributed by atoms with E-state index in [-0.39, 0.29) is 17.6 Å². The van der Waals surface area contributed by atoms with E-state index in [0.717, 1.165) is 5.75 Å². The fraction of sp³-hybridized carbons (Fsp3) is 0.100. The molecule has 0 saturated heterocycles. The van der Waals surface area contributed by atoms with Crippen LogP contribution in [0.5, 0.6) is 5.75 Å². The van der Waals surface area contributed by atoms with Crippen molar-refractivity contribution < 1.29 is 18.7 Å². The Labute approximate surface area is 150 Å². The molecular weight excluding hydrogens is 332 g/mol. The Morgan fingerprint density at radius 3 is 2.04 bits per heavy atom. The Morgan fingerprint density at radius 1 is 0.885 bits per heavy atom. The van der Waals surface area contributed by atoms with Crippen LogP contribution in [0.15, 0.2) is 71.3 Å². The molecule has 0 aliphatic rings.